The smallest absolute Gasteiger partial charge is 0.283 e. The molecule has 0 atom stereocenters. The van der Waals surface area contributed by atoms with Crippen LogP contribution in [0.2, 0.25) is 0 Å². The van der Waals surface area contributed by atoms with Crippen molar-refractivity contribution in [1.82, 2.24) is 9.55 Å². The largest absolute Gasteiger partial charge is 0.293 e. The van der Waals surface area contributed by atoms with Gasteiger partial charge in [0.15, 0.2) is 16.7 Å². The summed E-state index contributed by atoms with van der Waals surface area (Å²) in [4.78, 5) is 16.3. The third kappa shape index (κ3) is 1.32. The van der Waals surface area contributed by atoms with E-state index in [0.29, 0.717) is 12.4 Å². The highest BCUT2D eigenvalue weighted by molar-refractivity contribution is 8.02. The van der Waals surface area contributed by atoms with Crippen LogP contribution in [0.3, 0.4) is 0 Å². The minimum atomic E-state index is -0.179. The maximum absolute atomic E-state index is 12.0. The van der Waals surface area contributed by atoms with Crippen molar-refractivity contribution in [3.63, 3.8) is 0 Å². The van der Waals surface area contributed by atoms with Crippen LogP contribution in [0.15, 0.2) is 9.95 Å². The van der Waals surface area contributed by atoms with E-state index < -0.39 is 0 Å². The van der Waals surface area contributed by atoms with Gasteiger partial charge in [0.2, 0.25) is 0 Å². The van der Waals surface area contributed by atoms with Gasteiger partial charge in [-0.15, -0.1) is 0 Å². The minimum Gasteiger partial charge on any atom is -0.293 e. The number of thioether (sulfide) groups is 1. The van der Waals surface area contributed by atoms with Crippen molar-refractivity contribution in [3.05, 3.63) is 10.4 Å². The highest BCUT2D eigenvalue weighted by Gasteiger charge is 2.28. The first-order valence-electron chi connectivity index (χ1n) is 4.47. The number of hydrogen-bond acceptors (Lipinski definition) is 7. The van der Waals surface area contributed by atoms with E-state index in [0.717, 1.165) is 33.9 Å². The summed E-state index contributed by atoms with van der Waals surface area (Å²) < 4.78 is 5.24. The van der Waals surface area contributed by atoms with E-state index >= 15 is 0 Å². The Hall–Kier alpha value is -0.860. The molecule has 2 aliphatic rings. The molecule has 0 spiro atoms. The number of nitrogens with zero attached hydrogens (tertiary/aromatic N) is 3. The van der Waals surface area contributed by atoms with Crippen molar-refractivity contribution in [3.8, 4) is 0 Å². The van der Waals surface area contributed by atoms with E-state index in [2.05, 4.69) is 9.71 Å². The van der Waals surface area contributed by atoms with Crippen molar-refractivity contribution in [1.29, 1.82) is 0 Å². The molecule has 0 saturated carbocycles. The van der Waals surface area contributed by atoms with Crippen LogP contribution in [0.25, 0.3) is 0 Å². The molecule has 2 N–H and O–H groups in total. The second-order valence-electron chi connectivity index (χ2n) is 3.22. The molecule has 0 aromatic carbocycles. The minimum absolute atomic E-state index is 0.179. The highest BCUT2D eigenvalue weighted by atomic mass is 32.2. The van der Waals surface area contributed by atoms with E-state index in [1.165, 1.54) is 0 Å². The molecule has 3 rings (SSSR count). The molecule has 2 aliphatic heterocycles. The second kappa shape index (κ2) is 3.32. The zero-order chi connectivity index (χ0) is 10.4. The normalized spacial score (nSPS) is 18.3. The molecule has 1 aromatic heterocycles. The molecule has 0 saturated heterocycles. The van der Waals surface area contributed by atoms with Crippen molar-refractivity contribution in [2.45, 2.75) is 18.1 Å². The van der Waals surface area contributed by atoms with Crippen LogP contribution in [-0.4, -0.2) is 20.5 Å². The summed E-state index contributed by atoms with van der Waals surface area (Å²) in [5.41, 5.74) is 0.0495. The molecule has 6 nitrogen and oxygen atoms in total. The van der Waals surface area contributed by atoms with Crippen molar-refractivity contribution >= 4 is 35.4 Å². The number of anilines is 2. The van der Waals surface area contributed by atoms with Gasteiger partial charge in [0.05, 0.1) is 12.1 Å². The standard InChI is InChI=1S/C7H8N4O2S2/c12-6-4-5(9-15-11(4)13)8-7-10(6)2-1-3-14-7/h9,13H,1-3H2. The Morgan fingerprint density at radius 1 is 1.53 bits per heavy atom. The Morgan fingerprint density at radius 3 is 3.27 bits per heavy atom. The monoisotopic (exact) mass is 244 g/mol. The molecule has 15 heavy (non-hydrogen) atoms. The molecule has 3 heterocycles. The Balaban J connectivity index is 2.25. The van der Waals surface area contributed by atoms with Gasteiger partial charge in [-0.2, -0.15) is 4.47 Å². The first kappa shape index (κ1) is 9.37. The summed E-state index contributed by atoms with van der Waals surface area (Å²) in [6.07, 6.45) is 0.962. The average molecular weight is 244 g/mol. The zero-order valence-electron chi connectivity index (χ0n) is 7.63. The lowest BCUT2D eigenvalue weighted by Crippen LogP contribution is -2.28. The predicted molar refractivity (Wildman–Crippen MR) is 59.3 cm³/mol. The van der Waals surface area contributed by atoms with Crippen LogP contribution in [-0.2, 0) is 6.54 Å². The summed E-state index contributed by atoms with van der Waals surface area (Å²) in [7, 11) is 0. The lowest BCUT2D eigenvalue weighted by molar-refractivity contribution is 0.332. The zero-order valence-corrected chi connectivity index (χ0v) is 9.27. The molecular weight excluding hydrogens is 236 g/mol. The third-order valence-electron chi connectivity index (χ3n) is 2.29. The fourth-order valence-corrected chi connectivity index (χ4v) is 3.11. The van der Waals surface area contributed by atoms with Crippen LogP contribution >= 0.6 is 23.9 Å². The van der Waals surface area contributed by atoms with Crippen LogP contribution in [0.1, 0.15) is 6.42 Å². The van der Waals surface area contributed by atoms with E-state index in [1.807, 2.05) is 0 Å². The van der Waals surface area contributed by atoms with Gasteiger partial charge in [-0.05, 0) is 6.42 Å². The van der Waals surface area contributed by atoms with Gasteiger partial charge >= 0.3 is 0 Å². The molecule has 80 valence electrons. The SMILES string of the molecule is O=c1c2c(nc3n1CCCS3)NSN2O. The molecule has 0 bridgehead atoms. The molecule has 8 heteroatoms. The van der Waals surface area contributed by atoms with Crippen molar-refractivity contribution < 1.29 is 5.21 Å². The van der Waals surface area contributed by atoms with Gasteiger partial charge < -0.3 is 0 Å². The summed E-state index contributed by atoms with van der Waals surface area (Å²) in [5.74, 6) is 1.44. The van der Waals surface area contributed by atoms with E-state index in [1.54, 1.807) is 16.3 Å². The van der Waals surface area contributed by atoms with E-state index in [9.17, 15) is 10.0 Å². The quantitative estimate of drug-likeness (QED) is 0.519. The van der Waals surface area contributed by atoms with Gasteiger partial charge in [0.1, 0.15) is 0 Å². The first-order chi connectivity index (χ1) is 7.27. The fourth-order valence-electron chi connectivity index (χ4n) is 1.59. The van der Waals surface area contributed by atoms with Gasteiger partial charge in [0.25, 0.3) is 5.56 Å². The Kier molecular flexibility index (Phi) is 2.08. The van der Waals surface area contributed by atoms with E-state index in [-0.39, 0.29) is 11.2 Å². The average Bonchev–Trinajstić information content (AvgIpc) is 2.61. The number of fused-ring (bicyclic) bond motifs is 2. The van der Waals surface area contributed by atoms with E-state index in [4.69, 9.17) is 0 Å². The second-order valence-corrected chi connectivity index (χ2v) is 5.01. The molecule has 0 unspecified atom stereocenters. The number of hydrogen-bond donors (Lipinski definition) is 2. The third-order valence-corrected chi connectivity index (χ3v) is 3.99. The predicted octanol–water partition coefficient (Wildman–Crippen LogP) is 0.923. The van der Waals surface area contributed by atoms with Crippen molar-refractivity contribution in [2.24, 2.45) is 0 Å². The lowest BCUT2D eigenvalue weighted by Gasteiger charge is -2.17. The van der Waals surface area contributed by atoms with Crippen molar-refractivity contribution in [2.75, 3.05) is 14.9 Å². The van der Waals surface area contributed by atoms with Gasteiger partial charge in [-0.25, -0.2) is 4.98 Å². The Bertz CT molecular complexity index is 474. The molecule has 0 fully saturated rings. The lowest BCUT2D eigenvalue weighted by atomic mass is 10.4. The summed E-state index contributed by atoms with van der Waals surface area (Å²) >= 11 is 2.53. The van der Waals surface area contributed by atoms with Gasteiger partial charge in [-0.1, -0.05) is 11.8 Å². The maximum atomic E-state index is 12.0. The first-order valence-corrected chi connectivity index (χ1v) is 6.23. The van der Waals surface area contributed by atoms with Crippen LogP contribution in [0.4, 0.5) is 11.5 Å². The summed E-state index contributed by atoms with van der Waals surface area (Å²) in [6.45, 7) is 0.681. The number of aromatic nitrogens is 2. The number of nitrogens with one attached hydrogen (secondary N) is 1. The van der Waals surface area contributed by atoms with Gasteiger partial charge in [-0.3, -0.25) is 19.3 Å². The topological polar surface area (TPSA) is 70.4 Å². The molecule has 0 radical (unpaired) electrons. The fraction of sp³-hybridized carbons (Fsp3) is 0.429. The summed E-state index contributed by atoms with van der Waals surface area (Å²) in [6, 6.07) is 0. The Labute approximate surface area is 93.9 Å². The summed E-state index contributed by atoms with van der Waals surface area (Å²) in [5, 5.41) is 10.2. The number of rotatable bonds is 0. The van der Waals surface area contributed by atoms with Crippen LogP contribution in [0.5, 0.6) is 0 Å². The molecule has 1 aromatic rings. The van der Waals surface area contributed by atoms with Gasteiger partial charge in [0, 0.05) is 12.3 Å². The maximum Gasteiger partial charge on any atom is 0.283 e. The molecular formula is C7H8N4O2S2. The Morgan fingerprint density at radius 2 is 2.40 bits per heavy atom. The molecule has 0 aliphatic carbocycles. The molecule has 0 amide bonds. The van der Waals surface area contributed by atoms with Crippen LogP contribution in [0, 0.1) is 0 Å². The highest BCUT2D eigenvalue weighted by Crippen LogP contribution is 2.35. The van der Waals surface area contributed by atoms with Crippen LogP contribution < -0.4 is 14.7 Å².